The minimum absolute atomic E-state index is 0.00426. The van der Waals surface area contributed by atoms with Crippen LogP contribution in [0.4, 0.5) is 8.78 Å². The van der Waals surface area contributed by atoms with E-state index in [9.17, 15) is 18.4 Å². The van der Waals surface area contributed by atoms with E-state index < -0.39 is 29.0 Å². The van der Waals surface area contributed by atoms with Gasteiger partial charge in [0.2, 0.25) is 0 Å². The molecular formula is C16H13F2IN6O3. The molecule has 1 aromatic carbocycles. The highest BCUT2D eigenvalue weighted by molar-refractivity contribution is 14.1. The largest absolute Gasteiger partial charge is 0.350 e. The molecule has 0 fully saturated rings. The number of amides is 2. The summed E-state index contributed by atoms with van der Waals surface area (Å²) in [6.07, 6.45) is 3.44. The summed E-state index contributed by atoms with van der Waals surface area (Å²) in [5.74, 6) is -3.46. The van der Waals surface area contributed by atoms with Crippen molar-refractivity contribution < 1.29 is 22.9 Å². The van der Waals surface area contributed by atoms with E-state index in [1.165, 1.54) is 0 Å². The van der Waals surface area contributed by atoms with Crippen LogP contribution in [0.15, 0.2) is 35.1 Å². The third-order valence-electron chi connectivity index (χ3n) is 3.45. The van der Waals surface area contributed by atoms with Crippen LogP contribution in [0.3, 0.4) is 0 Å². The summed E-state index contributed by atoms with van der Waals surface area (Å²) in [7, 11) is 0. The van der Waals surface area contributed by atoms with E-state index in [0.717, 1.165) is 21.8 Å². The molecule has 146 valence electrons. The summed E-state index contributed by atoms with van der Waals surface area (Å²) in [5.41, 5.74) is -0.677. The van der Waals surface area contributed by atoms with Gasteiger partial charge in [-0.2, -0.15) is 10.1 Å². The van der Waals surface area contributed by atoms with Gasteiger partial charge in [-0.25, -0.2) is 8.78 Å². The van der Waals surface area contributed by atoms with E-state index in [2.05, 4.69) is 48.5 Å². The summed E-state index contributed by atoms with van der Waals surface area (Å²) >= 11 is 2.11. The first-order valence-corrected chi connectivity index (χ1v) is 9.03. The number of rotatable bonds is 7. The van der Waals surface area contributed by atoms with Gasteiger partial charge in [-0.3, -0.25) is 14.3 Å². The van der Waals surface area contributed by atoms with Crippen LogP contribution >= 0.6 is 22.6 Å². The van der Waals surface area contributed by atoms with Crippen molar-refractivity contribution >= 4 is 34.4 Å². The van der Waals surface area contributed by atoms with Crippen LogP contribution in [0.2, 0.25) is 0 Å². The Labute approximate surface area is 170 Å². The fourth-order valence-corrected chi connectivity index (χ4v) is 2.66. The highest BCUT2D eigenvalue weighted by Gasteiger charge is 2.18. The molecule has 2 N–H and O–H groups in total. The first kappa shape index (κ1) is 19.9. The molecule has 28 heavy (non-hydrogen) atoms. The third kappa shape index (κ3) is 4.88. The van der Waals surface area contributed by atoms with E-state index in [4.69, 9.17) is 4.52 Å². The van der Waals surface area contributed by atoms with Gasteiger partial charge in [0.25, 0.3) is 5.91 Å². The SMILES string of the molecule is O=C(NCCNC(=O)c1c(F)cccc1F)c1nc(Cn2cc(I)cn2)no1. The van der Waals surface area contributed by atoms with Crippen LogP contribution in [0.25, 0.3) is 0 Å². The summed E-state index contributed by atoms with van der Waals surface area (Å²) in [6, 6.07) is 3.13. The molecule has 0 atom stereocenters. The van der Waals surface area contributed by atoms with Crippen molar-refractivity contribution in [1.82, 2.24) is 30.6 Å². The van der Waals surface area contributed by atoms with Gasteiger partial charge in [0.15, 0.2) is 5.82 Å². The number of nitrogens with zero attached hydrogens (tertiary/aromatic N) is 4. The summed E-state index contributed by atoms with van der Waals surface area (Å²) in [6.45, 7) is 0.185. The second-order valence-electron chi connectivity index (χ2n) is 5.48. The van der Waals surface area contributed by atoms with Crippen LogP contribution in [0.5, 0.6) is 0 Å². The molecule has 0 aliphatic carbocycles. The van der Waals surface area contributed by atoms with Crippen LogP contribution in [0.1, 0.15) is 26.9 Å². The van der Waals surface area contributed by atoms with E-state index in [0.29, 0.717) is 0 Å². The minimum Gasteiger partial charge on any atom is -0.350 e. The lowest BCUT2D eigenvalue weighted by molar-refractivity contribution is 0.0896. The van der Waals surface area contributed by atoms with Crippen molar-refractivity contribution in [2.45, 2.75) is 6.54 Å². The van der Waals surface area contributed by atoms with Gasteiger partial charge in [0, 0.05) is 19.3 Å². The maximum atomic E-state index is 13.5. The predicted molar refractivity (Wildman–Crippen MR) is 99.4 cm³/mol. The van der Waals surface area contributed by atoms with Crippen LogP contribution in [0, 0.1) is 15.2 Å². The van der Waals surface area contributed by atoms with Crippen molar-refractivity contribution in [2.75, 3.05) is 13.1 Å². The molecule has 0 radical (unpaired) electrons. The summed E-state index contributed by atoms with van der Waals surface area (Å²) in [4.78, 5) is 27.8. The van der Waals surface area contributed by atoms with Gasteiger partial charge in [-0.15, -0.1) is 0 Å². The number of hydrogen-bond acceptors (Lipinski definition) is 6. The van der Waals surface area contributed by atoms with Crippen LogP contribution in [-0.2, 0) is 6.54 Å². The standard InChI is InChI=1S/C16H13F2IN6O3/c17-10-2-1-3-11(18)13(10)14(26)20-4-5-21-15(27)16-23-12(24-28-16)8-25-7-9(19)6-22-25/h1-3,6-7H,4-5,8H2,(H,20,26)(H,21,27). The van der Waals surface area contributed by atoms with E-state index >= 15 is 0 Å². The van der Waals surface area contributed by atoms with Crippen molar-refractivity contribution in [3.05, 3.63) is 63.1 Å². The Balaban J connectivity index is 1.46. The maximum absolute atomic E-state index is 13.5. The van der Waals surface area contributed by atoms with Crippen LogP contribution in [-0.4, -0.2) is 44.8 Å². The molecule has 2 heterocycles. The molecule has 2 aromatic heterocycles. The van der Waals surface area contributed by atoms with Crippen molar-refractivity contribution in [1.29, 1.82) is 0 Å². The van der Waals surface area contributed by atoms with Crippen molar-refractivity contribution in [2.24, 2.45) is 0 Å². The lowest BCUT2D eigenvalue weighted by Gasteiger charge is -2.07. The quantitative estimate of drug-likeness (QED) is 0.373. The van der Waals surface area contributed by atoms with Gasteiger partial charge in [-0.1, -0.05) is 11.2 Å². The number of halogens is 3. The number of hydrogen-bond donors (Lipinski definition) is 2. The van der Waals surface area contributed by atoms with Gasteiger partial charge in [-0.05, 0) is 34.7 Å². The van der Waals surface area contributed by atoms with Crippen LogP contribution < -0.4 is 10.6 Å². The first-order chi connectivity index (χ1) is 13.4. The topological polar surface area (TPSA) is 115 Å². The maximum Gasteiger partial charge on any atom is 0.316 e. The zero-order valence-corrected chi connectivity index (χ0v) is 16.3. The summed E-state index contributed by atoms with van der Waals surface area (Å²) < 4.78 is 34.4. The van der Waals surface area contributed by atoms with E-state index in [-0.39, 0.29) is 31.3 Å². The fourth-order valence-electron chi connectivity index (χ4n) is 2.21. The predicted octanol–water partition coefficient (Wildman–Crippen LogP) is 1.36. The Kier molecular flexibility index (Phi) is 6.28. The van der Waals surface area contributed by atoms with Crippen molar-refractivity contribution in [3.63, 3.8) is 0 Å². The number of aromatic nitrogens is 4. The molecule has 0 unspecified atom stereocenters. The zero-order chi connectivity index (χ0) is 20.1. The van der Waals surface area contributed by atoms with E-state index in [1.54, 1.807) is 17.1 Å². The number of benzene rings is 1. The highest BCUT2D eigenvalue weighted by Crippen LogP contribution is 2.11. The van der Waals surface area contributed by atoms with Crippen molar-refractivity contribution in [3.8, 4) is 0 Å². The molecule has 12 heteroatoms. The molecule has 3 rings (SSSR count). The second-order valence-corrected chi connectivity index (χ2v) is 6.73. The minimum atomic E-state index is -0.966. The van der Waals surface area contributed by atoms with E-state index in [1.807, 2.05) is 0 Å². The highest BCUT2D eigenvalue weighted by atomic mass is 127. The molecule has 9 nitrogen and oxygen atoms in total. The monoisotopic (exact) mass is 502 g/mol. The van der Waals surface area contributed by atoms with Gasteiger partial charge >= 0.3 is 11.8 Å². The Hall–Kier alpha value is -2.90. The Morgan fingerprint density at radius 3 is 2.46 bits per heavy atom. The number of nitrogens with one attached hydrogen (secondary N) is 2. The number of carbonyl (C=O) groups excluding carboxylic acids is 2. The fraction of sp³-hybridized carbons (Fsp3) is 0.188. The normalized spacial score (nSPS) is 10.7. The average Bonchev–Trinajstić information content (AvgIpc) is 3.28. The molecule has 0 saturated heterocycles. The smallest absolute Gasteiger partial charge is 0.316 e. The molecule has 0 aliphatic heterocycles. The molecule has 0 bridgehead atoms. The Morgan fingerprint density at radius 1 is 1.14 bits per heavy atom. The lowest BCUT2D eigenvalue weighted by atomic mass is 10.2. The molecular weight excluding hydrogens is 489 g/mol. The molecule has 0 aliphatic rings. The molecule has 0 spiro atoms. The number of carbonyl (C=O) groups is 2. The second kappa shape index (κ2) is 8.86. The zero-order valence-electron chi connectivity index (χ0n) is 14.2. The Bertz CT molecular complexity index is 986. The first-order valence-electron chi connectivity index (χ1n) is 7.95. The lowest BCUT2D eigenvalue weighted by Crippen LogP contribution is -2.35. The molecule has 2 amide bonds. The Morgan fingerprint density at radius 2 is 1.82 bits per heavy atom. The van der Waals surface area contributed by atoms with Gasteiger partial charge in [0.05, 0.1) is 9.77 Å². The summed E-state index contributed by atoms with van der Waals surface area (Å²) in [5, 5.41) is 12.5. The molecule has 3 aromatic rings. The molecule has 0 saturated carbocycles. The van der Waals surface area contributed by atoms with Gasteiger partial charge < -0.3 is 15.2 Å². The third-order valence-corrected chi connectivity index (χ3v) is 4.01. The average molecular weight is 502 g/mol. The van der Waals surface area contributed by atoms with Gasteiger partial charge in [0.1, 0.15) is 23.7 Å².